The number of aryl methyl sites for hydroxylation is 1. The smallest absolute Gasteiger partial charge is 0.254 e. The number of piperidine rings is 1. The van der Waals surface area contributed by atoms with Gasteiger partial charge in [-0.15, -0.1) is 11.3 Å². The van der Waals surface area contributed by atoms with E-state index in [-0.39, 0.29) is 28.3 Å². The molecule has 3 N–H and O–H groups in total. The molecular formula is C28H36N4O7S3. The predicted molar refractivity (Wildman–Crippen MR) is 160 cm³/mol. The highest BCUT2D eigenvalue weighted by atomic mass is 32.2. The van der Waals surface area contributed by atoms with Gasteiger partial charge in [-0.25, -0.2) is 26.5 Å². The second-order valence-corrected chi connectivity index (χ2v) is 15.6. The van der Waals surface area contributed by atoms with Crippen LogP contribution in [0.3, 0.4) is 0 Å². The van der Waals surface area contributed by atoms with E-state index in [4.69, 9.17) is 9.47 Å². The van der Waals surface area contributed by atoms with Crippen LogP contribution in [0, 0.1) is 6.92 Å². The number of ether oxygens (including phenoxy) is 2. The number of sulfonamides is 2. The number of benzene rings is 2. The van der Waals surface area contributed by atoms with E-state index in [0.717, 1.165) is 12.0 Å². The number of aromatic nitrogens is 1. The molecule has 0 aliphatic carbocycles. The molecule has 2 unspecified atom stereocenters. The summed E-state index contributed by atoms with van der Waals surface area (Å²) >= 11 is 1.21. The highest BCUT2D eigenvalue weighted by molar-refractivity contribution is 7.91. The molecule has 1 spiro atoms. The summed E-state index contributed by atoms with van der Waals surface area (Å²) in [6.45, 7) is 3.21. The molecule has 228 valence electrons. The van der Waals surface area contributed by atoms with Crippen LogP contribution in [-0.4, -0.2) is 88.9 Å². The van der Waals surface area contributed by atoms with Crippen molar-refractivity contribution in [2.45, 2.75) is 53.0 Å². The van der Waals surface area contributed by atoms with E-state index in [0.29, 0.717) is 49.0 Å². The number of rotatable bonds is 11. The lowest BCUT2D eigenvalue weighted by Gasteiger charge is -2.37. The summed E-state index contributed by atoms with van der Waals surface area (Å²) in [6.07, 6.45) is 1.08. The summed E-state index contributed by atoms with van der Waals surface area (Å²) < 4.78 is 66.9. The Morgan fingerprint density at radius 3 is 2.60 bits per heavy atom. The van der Waals surface area contributed by atoms with Crippen molar-refractivity contribution < 1.29 is 31.4 Å². The highest BCUT2D eigenvalue weighted by Crippen LogP contribution is 2.39. The summed E-state index contributed by atoms with van der Waals surface area (Å²) in [5.41, 5.74) is 1.01. The van der Waals surface area contributed by atoms with Crippen molar-refractivity contribution >= 4 is 31.4 Å². The molecule has 2 fully saturated rings. The van der Waals surface area contributed by atoms with Crippen molar-refractivity contribution in [3.8, 4) is 16.3 Å². The molecule has 0 radical (unpaired) electrons. The standard InChI is InChI=1S/C28H36N4O7S3/c1-20-27(40-26(31-20)21-7-4-3-5-8-21)42(36,37)32-13-11-28(12-14-32)16-22(18-39-28)30-17-23(33)19-38-24-9-6-10-25(15-24)41(34,35)29-2/h3-10,15,22-23,29-30,33H,11-14,16-19H2,1-2H3. The number of nitrogens with one attached hydrogen (secondary N) is 2. The number of nitrogens with zero attached hydrogens (tertiary/aromatic N) is 2. The van der Waals surface area contributed by atoms with Crippen LogP contribution in [0.25, 0.3) is 10.6 Å². The van der Waals surface area contributed by atoms with Gasteiger partial charge >= 0.3 is 0 Å². The van der Waals surface area contributed by atoms with Crippen LogP contribution in [0.15, 0.2) is 63.7 Å². The maximum atomic E-state index is 13.5. The average molecular weight is 637 g/mol. The lowest BCUT2D eigenvalue weighted by molar-refractivity contribution is -0.0311. The number of hydrogen-bond donors (Lipinski definition) is 3. The fourth-order valence-corrected chi connectivity index (χ4v) is 9.17. The Morgan fingerprint density at radius 2 is 1.88 bits per heavy atom. The van der Waals surface area contributed by atoms with E-state index in [1.54, 1.807) is 19.1 Å². The van der Waals surface area contributed by atoms with E-state index < -0.39 is 31.8 Å². The fourth-order valence-electron chi connectivity index (χ4n) is 5.30. The van der Waals surface area contributed by atoms with Crippen molar-refractivity contribution in [1.29, 1.82) is 0 Å². The van der Waals surface area contributed by atoms with Gasteiger partial charge in [0.05, 0.1) is 22.8 Å². The third-order valence-electron chi connectivity index (χ3n) is 7.66. The lowest BCUT2D eigenvalue weighted by atomic mass is 9.88. The summed E-state index contributed by atoms with van der Waals surface area (Å²) in [4.78, 5) is 4.61. The number of hydrogen-bond acceptors (Lipinski definition) is 10. The largest absolute Gasteiger partial charge is 0.491 e. The number of thiazole rings is 1. The molecule has 42 heavy (non-hydrogen) atoms. The number of aliphatic hydroxyl groups is 1. The monoisotopic (exact) mass is 636 g/mol. The third-order valence-corrected chi connectivity index (χ3v) is 12.8. The molecule has 3 heterocycles. The maximum Gasteiger partial charge on any atom is 0.254 e. The van der Waals surface area contributed by atoms with Gasteiger partial charge in [-0.05, 0) is 45.4 Å². The molecule has 1 aromatic heterocycles. The second-order valence-electron chi connectivity index (χ2n) is 10.6. The first kappa shape index (κ1) is 31.0. The first-order chi connectivity index (χ1) is 20.0. The first-order valence-corrected chi connectivity index (χ1v) is 17.5. The zero-order valence-corrected chi connectivity index (χ0v) is 26.0. The predicted octanol–water partition coefficient (Wildman–Crippen LogP) is 2.37. The van der Waals surface area contributed by atoms with Crippen molar-refractivity contribution in [3.63, 3.8) is 0 Å². The van der Waals surface area contributed by atoms with Crippen molar-refractivity contribution in [1.82, 2.24) is 19.3 Å². The quantitative estimate of drug-likeness (QED) is 0.289. The van der Waals surface area contributed by atoms with Gasteiger partial charge in [0.25, 0.3) is 10.0 Å². The zero-order valence-electron chi connectivity index (χ0n) is 23.5. The van der Waals surface area contributed by atoms with Gasteiger partial charge in [-0.2, -0.15) is 4.31 Å². The van der Waals surface area contributed by atoms with E-state index in [1.165, 1.54) is 34.8 Å². The summed E-state index contributed by atoms with van der Waals surface area (Å²) in [5, 5.41) is 14.5. The number of aliphatic hydroxyl groups excluding tert-OH is 1. The first-order valence-electron chi connectivity index (χ1n) is 13.8. The van der Waals surface area contributed by atoms with Gasteiger partial charge in [0, 0.05) is 37.3 Å². The van der Waals surface area contributed by atoms with Crippen LogP contribution in [0.5, 0.6) is 5.75 Å². The van der Waals surface area contributed by atoms with Gasteiger partial charge < -0.3 is 19.9 Å². The minimum absolute atomic E-state index is 0.00935. The SMILES string of the molecule is CNS(=O)(=O)c1cccc(OCC(O)CNC2COC3(CCN(S(=O)(=O)c4sc(-c5ccccc5)nc4C)CC3)C2)c1. The Labute approximate surface area is 251 Å². The van der Waals surface area contributed by atoms with E-state index in [2.05, 4.69) is 15.0 Å². The molecule has 3 aromatic rings. The Balaban J connectivity index is 1.10. The zero-order chi connectivity index (χ0) is 30.0. The Morgan fingerprint density at radius 1 is 1.14 bits per heavy atom. The van der Waals surface area contributed by atoms with Crippen molar-refractivity contribution in [2.75, 3.05) is 39.9 Å². The Hall–Kier alpha value is -2.43. The van der Waals surface area contributed by atoms with Crippen LogP contribution in [0.2, 0.25) is 0 Å². The average Bonchev–Trinajstić information content (AvgIpc) is 3.59. The summed E-state index contributed by atoms with van der Waals surface area (Å²) in [6, 6.07) is 15.7. The molecule has 2 aliphatic heterocycles. The molecule has 5 rings (SSSR count). The molecule has 0 saturated carbocycles. The molecule has 2 aromatic carbocycles. The van der Waals surface area contributed by atoms with Crippen molar-refractivity contribution in [3.05, 3.63) is 60.3 Å². The minimum atomic E-state index is -3.67. The Kier molecular flexibility index (Phi) is 9.35. The van der Waals surface area contributed by atoms with E-state index in [1.807, 2.05) is 30.3 Å². The molecule has 14 heteroatoms. The molecule has 2 saturated heterocycles. The molecule has 0 amide bonds. The third kappa shape index (κ3) is 6.86. The highest BCUT2D eigenvalue weighted by Gasteiger charge is 2.45. The molecule has 0 bridgehead atoms. The van der Waals surface area contributed by atoms with Gasteiger partial charge in [-0.1, -0.05) is 36.4 Å². The minimum Gasteiger partial charge on any atom is -0.491 e. The van der Waals surface area contributed by atoms with Gasteiger partial charge in [0.1, 0.15) is 23.5 Å². The van der Waals surface area contributed by atoms with Crippen LogP contribution >= 0.6 is 11.3 Å². The van der Waals surface area contributed by atoms with Crippen molar-refractivity contribution in [2.24, 2.45) is 0 Å². The second kappa shape index (κ2) is 12.7. The van der Waals surface area contributed by atoms with E-state index in [9.17, 15) is 21.9 Å². The van der Waals surface area contributed by atoms with Crippen LogP contribution in [0.1, 0.15) is 25.0 Å². The van der Waals surface area contributed by atoms with Gasteiger partial charge in [0.2, 0.25) is 10.0 Å². The maximum absolute atomic E-state index is 13.5. The normalized spacial score (nSPS) is 20.1. The fraction of sp³-hybridized carbons (Fsp3) is 0.464. The van der Waals surface area contributed by atoms with Crippen LogP contribution in [0.4, 0.5) is 0 Å². The molecule has 2 atom stereocenters. The van der Waals surface area contributed by atoms with E-state index >= 15 is 0 Å². The molecule has 11 nitrogen and oxygen atoms in total. The topological polar surface area (TPSA) is 147 Å². The van der Waals surface area contributed by atoms with Gasteiger partial charge in [0.15, 0.2) is 4.21 Å². The summed E-state index contributed by atoms with van der Waals surface area (Å²) in [5.74, 6) is 0.347. The molecular weight excluding hydrogens is 601 g/mol. The van der Waals surface area contributed by atoms with Crippen LogP contribution in [-0.2, 0) is 24.8 Å². The lowest BCUT2D eigenvalue weighted by Crippen LogP contribution is -2.47. The molecule has 2 aliphatic rings. The summed E-state index contributed by atoms with van der Waals surface area (Å²) in [7, 11) is -5.92. The van der Waals surface area contributed by atoms with Gasteiger partial charge in [-0.3, -0.25) is 0 Å². The Bertz CT molecular complexity index is 1590. The van der Waals surface area contributed by atoms with Crippen LogP contribution < -0.4 is 14.8 Å².